The largest absolute Gasteiger partial charge is 0.342 e. The second kappa shape index (κ2) is 6.46. The van der Waals surface area contributed by atoms with Crippen molar-refractivity contribution in [3.63, 3.8) is 0 Å². The van der Waals surface area contributed by atoms with Crippen molar-refractivity contribution in [2.75, 3.05) is 13.1 Å². The first-order valence-corrected chi connectivity index (χ1v) is 8.41. The molecule has 3 heteroatoms. The first-order valence-electron chi connectivity index (χ1n) is 8.41. The molecule has 0 bridgehead atoms. The van der Waals surface area contributed by atoms with E-state index in [1.165, 1.54) is 25.7 Å². The molecule has 2 aliphatic rings. The highest BCUT2D eigenvalue weighted by atomic mass is 16.2. The number of rotatable bonds is 2. The highest BCUT2D eigenvalue weighted by Gasteiger charge is 2.31. The van der Waals surface area contributed by atoms with Gasteiger partial charge in [-0.1, -0.05) is 40.5 Å². The summed E-state index contributed by atoms with van der Waals surface area (Å²) in [4.78, 5) is 14.3. The predicted molar refractivity (Wildman–Crippen MR) is 83.6 cm³/mol. The lowest BCUT2D eigenvalue weighted by molar-refractivity contribution is -0.140. The number of nitrogens with one attached hydrogen (secondary N) is 1. The van der Waals surface area contributed by atoms with E-state index in [0.29, 0.717) is 18.0 Å². The average Bonchev–Trinajstić information content (AvgIpc) is 2.38. The van der Waals surface area contributed by atoms with Gasteiger partial charge in [-0.05, 0) is 31.6 Å². The molecule has 1 heterocycles. The van der Waals surface area contributed by atoms with Gasteiger partial charge in [0.2, 0.25) is 5.91 Å². The first kappa shape index (κ1) is 15.8. The highest BCUT2D eigenvalue weighted by Crippen LogP contribution is 2.26. The molecule has 20 heavy (non-hydrogen) atoms. The van der Waals surface area contributed by atoms with Crippen LogP contribution in [0.5, 0.6) is 0 Å². The molecule has 1 aliphatic heterocycles. The van der Waals surface area contributed by atoms with Gasteiger partial charge < -0.3 is 10.2 Å². The van der Waals surface area contributed by atoms with E-state index in [-0.39, 0.29) is 5.41 Å². The van der Waals surface area contributed by atoms with Gasteiger partial charge >= 0.3 is 0 Å². The molecule has 0 aromatic heterocycles. The lowest BCUT2D eigenvalue weighted by Gasteiger charge is -2.38. The van der Waals surface area contributed by atoms with Crippen LogP contribution >= 0.6 is 0 Å². The van der Waals surface area contributed by atoms with Gasteiger partial charge in [0, 0.05) is 30.6 Å². The summed E-state index contributed by atoms with van der Waals surface area (Å²) in [6.45, 7) is 10.3. The normalized spacial score (nSPS) is 29.5. The molecule has 1 saturated heterocycles. The first-order chi connectivity index (χ1) is 9.36. The fourth-order valence-corrected chi connectivity index (χ4v) is 3.64. The smallest absolute Gasteiger partial charge is 0.227 e. The molecule has 2 fully saturated rings. The Morgan fingerprint density at radius 3 is 2.25 bits per heavy atom. The number of piperidine rings is 1. The molecule has 2 rings (SSSR count). The number of nitrogens with zero attached hydrogens (tertiary/aromatic N) is 1. The van der Waals surface area contributed by atoms with Crippen LogP contribution < -0.4 is 5.32 Å². The van der Waals surface area contributed by atoms with Crippen molar-refractivity contribution in [3.05, 3.63) is 0 Å². The predicted octanol–water partition coefficient (Wildman–Crippen LogP) is 3.19. The minimum atomic E-state index is -0.237. The minimum absolute atomic E-state index is 0.237. The quantitative estimate of drug-likeness (QED) is 0.842. The molecule has 0 radical (unpaired) electrons. The standard InChI is InChI=1S/C17H32N2O/c1-13-6-5-7-15(12-13)18-14-8-10-19(11-9-14)16(20)17(2,3)4/h13-15,18H,5-12H2,1-4H3. The average molecular weight is 280 g/mol. The molecule has 116 valence electrons. The fourth-order valence-electron chi connectivity index (χ4n) is 3.64. The van der Waals surface area contributed by atoms with Gasteiger partial charge in [0.1, 0.15) is 0 Å². The Hall–Kier alpha value is -0.570. The van der Waals surface area contributed by atoms with Gasteiger partial charge in [-0.2, -0.15) is 0 Å². The van der Waals surface area contributed by atoms with E-state index in [1.54, 1.807) is 0 Å². The molecular formula is C17H32N2O. The number of hydrogen-bond acceptors (Lipinski definition) is 2. The van der Waals surface area contributed by atoms with Crippen LogP contribution in [-0.2, 0) is 4.79 Å². The van der Waals surface area contributed by atoms with Crippen LogP contribution in [-0.4, -0.2) is 36.0 Å². The van der Waals surface area contributed by atoms with Crippen LogP contribution in [0.15, 0.2) is 0 Å². The summed E-state index contributed by atoms with van der Waals surface area (Å²) in [6.07, 6.45) is 7.68. The third kappa shape index (κ3) is 4.21. The Balaban J connectivity index is 1.75. The van der Waals surface area contributed by atoms with Crippen molar-refractivity contribution in [1.82, 2.24) is 10.2 Å². The molecule has 0 aromatic rings. The minimum Gasteiger partial charge on any atom is -0.342 e. The second-order valence-corrected chi connectivity index (χ2v) is 7.95. The number of amides is 1. The van der Waals surface area contributed by atoms with Gasteiger partial charge in [-0.25, -0.2) is 0 Å². The van der Waals surface area contributed by atoms with Crippen molar-refractivity contribution in [2.45, 2.75) is 78.3 Å². The summed E-state index contributed by atoms with van der Waals surface area (Å²) in [5.41, 5.74) is -0.237. The molecule has 1 saturated carbocycles. The molecule has 1 amide bonds. The van der Waals surface area contributed by atoms with E-state index in [1.807, 2.05) is 20.8 Å². The lowest BCUT2D eigenvalue weighted by atomic mass is 9.86. The van der Waals surface area contributed by atoms with E-state index < -0.39 is 0 Å². The van der Waals surface area contributed by atoms with E-state index in [0.717, 1.165) is 31.8 Å². The van der Waals surface area contributed by atoms with Crippen molar-refractivity contribution >= 4 is 5.91 Å². The molecule has 3 nitrogen and oxygen atoms in total. The van der Waals surface area contributed by atoms with Crippen molar-refractivity contribution < 1.29 is 4.79 Å². The van der Waals surface area contributed by atoms with Gasteiger partial charge in [-0.3, -0.25) is 4.79 Å². The topological polar surface area (TPSA) is 32.3 Å². The van der Waals surface area contributed by atoms with Crippen molar-refractivity contribution in [2.24, 2.45) is 11.3 Å². The third-order valence-corrected chi connectivity index (χ3v) is 4.83. The van der Waals surface area contributed by atoms with Gasteiger partial charge in [0.25, 0.3) is 0 Å². The van der Waals surface area contributed by atoms with Crippen LogP contribution in [0.1, 0.15) is 66.2 Å². The summed E-state index contributed by atoms with van der Waals surface area (Å²) in [5, 5.41) is 3.85. The van der Waals surface area contributed by atoms with Crippen LogP contribution in [0.25, 0.3) is 0 Å². The highest BCUT2D eigenvalue weighted by molar-refractivity contribution is 5.81. The Labute approximate surface area is 124 Å². The van der Waals surface area contributed by atoms with Gasteiger partial charge in [0.05, 0.1) is 0 Å². The number of likely N-dealkylation sites (tertiary alicyclic amines) is 1. The zero-order valence-electron chi connectivity index (χ0n) is 13.7. The Morgan fingerprint density at radius 2 is 1.70 bits per heavy atom. The molecule has 0 aromatic carbocycles. The van der Waals surface area contributed by atoms with E-state index in [4.69, 9.17) is 0 Å². The van der Waals surface area contributed by atoms with E-state index in [9.17, 15) is 4.79 Å². The molecule has 2 unspecified atom stereocenters. The second-order valence-electron chi connectivity index (χ2n) is 7.95. The summed E-state index contributed by atoms with van der Waals surface area (Å²) < 4.78 is 0. The lowest BCUT2D eigenvalue weighted by Crippen LogP contribution is -2.50. The van der Waals surface area contributed by atoms with Gasteiger partial charge in [-0.15, -0.1) is 0 Å². The van der Waals surface area contributed by atoms with E-state index >= 15 is 0 Å². The molecular weight excluding hydrogens is 248 g/mol. The zero-order chi connectivity index (χ0) is 14.8. The molecule has 2 atom stereocenters. The maximum atomic E-state index is 12.3. The summed E-state index contributed by atoms with van der Waals surface area (Å²) >= 11 is 0. The molecule has 1 N–H and O–H groups in total. The summed E-state index contributed by atoms with van der Waals surface area (Å²) in [6, 6.07) is 1.34. The number of carbonyl (C=O) groups is 1. The Kier molecular flexibility index (Phi) is 5.11. The SMILES string of the molecule is CC1CCCC(NC2CCN(C(=O)C(C)(C)C)CC2)C1. The van der Waals surface area contributed by atoms with Gasteiger partial charge in [0.15, 0.2) is 0 Å². The summed E-state index contributed by atoms with van der Waals surface area (Å²) in [7, 11) is 0. The van der Waals surface area contributed by atoms with Crippen LogP contribution in [0.2, 0.25) is 0 Å². The molecule has 0 spiro atoms. The maximum Gasteiger partial charge on any atom is 0.227 e. The fraction of sp³-hybridized carbons (Fsp3) is 0.941. The third-order valence-electron chi connectivity index (χ3n) is 4.83. The Bertz CT molecular complexity index is 326. The number of hydrogen-bond donors (Lipinski definition) is 1. The summed E-state index contributed by atoms with van der Waals surface area (Å²) in [5.74, 6) is 1.19. The monoisotopic (exact) mass is 280 g/mol. The number of carbonyl (C=O) groups excluding carboxylic acids is 1. The van der Waals surface area contributed by atoms with Crippen LogP contribution in [0.4, 0.5) is 0 Å². The van der Waals surface area contributed by atoms with Crippen molar-refractivity contribution in [1.29, 1.82) is 0 Å². The van der Waals surface area contributed by atoms with E-state index in [2.05, 4.69) is 17.1 Å². The maximum absolute atomic E-state index is 12.3. The van der Waals surface area contributed by atoms with Crippen LogP contribution in [0, 0.1) is 11.3 Å². The zero-order valence-corrected chi connectivity index (χ0v) is 13.7. The van der Waals surface area contributed by atoms with Crippen molar-refractivity contribution in [3.8, 4) is 0 Å². The molecule has 1 aliphatic carbocycles. The van der Waals surface area contributed by atoms with Crippen LogP contribution in [0.3, 0.4) is 0 Å². The Morgan fingerprint density at radius 1 is 1.05 bits per heavy atom.